The van der Waals surface area contributed by atoms with Gasteiger partial charge in [0.2, 0.25) is 0 Å². The van der Waals surface area contributed by atoms with Gasteiger partial charge in [0.05, 0.1) is 11.4 Å². The summed E-state index contributed by atoms with van der Waals surface area (Å²) in [6.45, 7) is 0. The molecule has 0 aliphatic carbocycles. The van der Waals surface area contributed by atoms with Crippen LogP contribution in [0.4, 0.5) is 22.7 Å². The molecule has 138 valence electrons. The summed E-state index contributed by atoms with van der Waals surface area (Å²) in [6, 6.07) is 19.8. The van der Waals surface area contributed by atoms with Crippen molar-refractivity contribution in [1.29, 1.82) is 0 Å². The molecule has 0 fully saturated rings. The van der Waals surface area contributed by atoms with E-state index in [0.717, 1.165) is 10.6 Å². The highest BCUT2D eigenvalue weighted by molar-refractivity contribution is 8.00. The number of nitrogens with one attached hydrogen (secondary N) is 3. The molecule has 27 heavy (non-hydrogen) atoms. The topological polar surface area (TPSA) is 105 Å². The Bertz CT molecular complexity index is 949. The van der Waals surface area contributed by atoms with Gasteiger partial charge in [-0.15, -0.1) is 0 Å². The van der Waals surface area contributed by atoms with Crippen molar-refractivity contribution in [3.8, 4) is 0 Å². The maximum atomic E-state index is 12.4. The van der Waals surface area contributed by atoms with Crippen molar-refractivity contribution in [2.24, 2.45) is 5.84 Å². The first-order chi connectivity index (χ1) is 13.0. The molecule has 0 bridgehead atoms. The van der Waals surface area contributed by atoms with E-state index >= 15 is 0 Å². The summed E-state index contributed by atoms with van der Waals surface area (Å²) in [4.78, 5) is 13.5. The number of nitrogens with two attached hydrogens (primary N) is 2. The highest BCUT2D eigenvalue weighted by Crippen LogP contribution is 2.25. The van der Waals surface area contributed by atoms with Gasteiger partial charge in [-0.1, -0.05) is 17.7 Å². The average Bonchev–Trinajstić information content (AvgIpc) is 2.68. The SMILES string of the molecule is NNc1ccc(C(=O)Nc2cccc(NSc3ccc(Cl)cc3)c2)cc1N. The Labute approximate surface area is 166 Å². The van der Waals surface area contributed by atoms with Crippen LogP contribution in [0.3, 0.4) is 0 Å². The molecular weight excluding hydrogens is 382 g/mol. The number of amides is 1. The maximum Gasteiger partial charge on any atom is 0.255 e. The number of hydrogen-bond donors (Lipinski definition) is 5. The van der Waals surface area contributed by atoms with Crippen molar-refractivity contribution in [2.75, 3.05) is 21.2 Å². The zero-order valence-corrected chi connectivity index (χ0v) is 15.8. The lowest BCUT2D eigenvalue weighted by molar-refractivity contribution is 0.102. The minimum atomic E-state index is -0.257. The Balaban J connectivity index is 1.65. The second-order valence-electron chi connectivity index (χ2n) is 5.64. The molecule has 8 heteroatoms. The van der Waals surface area contributed by atoms with E-state index in [-0.39, 0.29) is 5.91 Å². The van der Waals surface area contributed by atoms with Crippen LogP contribution in [0.1, 0.15) is 10.4 Å². The molecule has 6 nitrogen and oxygen atoms in total. The number of carbonyl (C=O) groups excluding carboxylic acids is 1. The van der Waals surface area contributed by atoms with Crippen LogP contribution in [0.2, 0.25) is 5.02 Å². The molecule has 0 spiro atoms. The Morgan fingerprint density at radius 2 is 1.70 bits per heavy atom. The van der Waals surface area contributed by atoms with Gasteiger partial charge in [0.25, 0.3) is 5.91 Å². The fraction of sp³-hybridized carbons (Fsp3) is 0. The first-order valence-corrected chi connectivity index (χ1v) is 9.20. The second-order valence-corrected chi connectivity index (χ2v) is 6.96. The van der Waals surface area contributed by atoms with Crippen molar-refractivity contribution in [1.82, 2.24) is 0 Å². The van der Waals surface area contributed by atoms with Crippen molar-refractivity contribution in [3.63, 3.8) is 0 Å². The molecule has 0 heterocycles. The largest absolute Gasteiger partial charge is 0.397 e. The van der Waals surface area contributed by atoms with Crippen molar-refractivity contribution >= 4 is 52.2 Å². The summed E-state index contributed by atoms with van der Waals surface area (Å²) < 4.78 is 3.24. The van der Waals surface area contributed by atoms with Crippen molar-refractivity contribution < 1.29 is 4.79 Å². The lowest BCUT2D eigenvalue weighted by Crippen LogP contribution is -2.14. The van der Waals surface area contributed by atoms with Gasteiger partial charge in [-0.05, 0) is 72.6 Å². The summed E-state index contributed by atoms with van der Waals surface area (Å²) >= 11 is 7.34. The molecule has 0 saturated carbocycles. The number of hydrazine groups is 1. The molecule has 3 aromatic rings. The predicted molar refractivity (Wildman–Crippen MR) is 114 cm³/mol. The van der Waals surface area contributed by atoms with E-state index in [0.29, 0.717) is 27.6 Å². The number of hydrogen-bond acceptors (Lipinski definition) is 6. The van der Waals surface area contributed by atoms with Gasteiger partial charge in [0.15, 0.2) is 0 Å². The van der Waals surface area contributed by atoms with Crippen LogP contribution in [0, 0.1) is 0 Å². The van der Waals surface area contributed by atoms with E-state index in [1.807, 2.05) is 48.5 Å². The average molecular weight is 400 g/mol. The van der Waals surface area contributed by atoms with Gasteiger partial charge in [0, 0.05) is 26.9 Å². The third-order valence-corrected chi connectivity index (χ3v) is 4.79. The fourth-order valence-corrected chi connectivity index (χ4v) is 3.08. The van der Waals surface area contributed by atoms with Crippen LogP contribution in [0.5, 0.6) is 0 Å². The summed E-state index contributed by atoms with van der Waals surface area (Å²) in [5.41, 5.74) is 11.3. The van der Waals surface area contributed by atoms with Gasteiger partial charge in [-0.2, -0.15) is 0 Å². The monoisotopic (exact) mass is 399 g/mol. The minimum Gasteiger partial charge on any atom is -0.397 e. The van der Waals surface area contributed by atoms with Crippen LogP contribution in [-0.2, 0) is 0 Å². The summed E-state index contributed by atoms with van der Waals surface area (Å²) in [5, 5.41) is 3.55. The van der Waals surface area contributed by atoms with Crippen LogP contribution in [-0.4, -0.2) is 5.91 Å². The Kier molecular flexibility index (Phi) is 6.08. The normalized spacial score (nSPS) is 10.3. The van der Waals surface area contributed by atoms with Crippen LogP contribution in [0.25, 0.3) is 0 Å². The summed E-state index contributed by atoms with van der Waals surface area (Å²) in [5.74, 6) is 5.09. The van der Waals surface area contributed by atoms with Gasteiger partial charge < -0.3 is 21.2 Å². The van der Waals surface area contributed by atoms with E-state index in [2.05, 4.69) is 15.5 Å². The van der Waals surface area contributed by atoms with E-state index in [1.165, 1.54) is 11.9 Å². The maximum absolute atomic E-state index is 12.4. The molecule has 7 N–H and O–H groups in total. The standard InChI is InChI=1S/C19H18ClN5OS/c20-13-5-7-16(8-6-13)27-25-15-3-1-2-14(11-15)23-19(26)12-4-9-18(24-22)17(21)10-12/h1-11,24-25H,21-22H2,(H,23,26). The van der Waals surface area contributed by atoms with Crippen molar-refractivity contribution in [3.05, 3.63) is 77.3 Å². The molecular formula is C19H18ClN5OS. The molecule has 0 unspecified atom stereocenters. The highest BCUT2D eigenvalue weighted by atomic mass is 35.5. The molecule has 0 aromatic heterocycles. The van der Waals surface area contributed by atoms with Crippen LogP contribution in [0.15, 0.2) is 71.6 Å². The zero-order chi connectivity index (χ0) is 19.2. The molecule has 0 saturated heterocycles. The van der Waals surface area contributed by atoms with Crippen LogP contribution < -0.4 is 27.0 Å². The lowest BCUT2D eigenvalue weighted by atomic mass is 10.1. The zero-order valence-electron chi connectivity index (χ0n) is 14.2. The van der Waals surface area contributed by atoms with Gasteiger partial charge in [-0.25, -0.2) is 0 Å². The molecule has 3 aromatic carbocycles. The van der Waals surface area contributed by atoms with E-state index in [1.54, 1.807) is 18.2 Å². The van der Waals surface area contributed by atoms with Crippen molar-refractivity contribution in [2.45, 2.75) is 4.90 Å². The Hall–Kier alpha value is -2.87. The Morgan fingerprint density at radius 3 is 2.41 bits per heavy atom. The smallest absolute Gasteiger partial charge is 0.255 e. The molecule has 0 atom stereocenters. The second kappa shape index (κ2) is 8.68. The highest BCUT2D eigenvalue weighted by Gasteiger charge is 2.09. The predicted octanol–water partition coefficient (Wildman–Crippen LogP) is 4.58. The molecule has 0 aliphatic rings. The molecule has 3 rings (SSSR count). The molecule has 0 radical (unpaired) electrons. The van der Waals surface area contributed by atoms with E-state index in [9.17, 15) is 4.79 Å². The van der Waals surface area contributed by atoms with Gasteiger partial charge in [0.1, 0.15) is 0 Å². The number of carbonyl (C=O) groups is 1. The minimum absolute atomic E-state index is 0.257. The number of benzene rings is 3. The number of rotatable bonds is 6. The summed E-state index contributed by atoms with van der Waals surface area (Å²) in [6.07, 6.45) is 0. The van der Waals surface area contributed by atoms with Gasteiger partial charge in [-0.3, -0.25) is 10.6 Å². The molecule has 0 aliphatic heterocycles. The summed E-state index contributed by atoms with van der Waals surface area (Å²) in [7, 11) is 0. The number of halogens is 1. The first-order valence-electron chi connectivity index (χ1n) is 8.01. The van der Waals surface area contributed by atoms with E-state index in [4.69, 9.17) is 23.2 Å². The quantitative estimate of drug-likeness (QED) is 0.180. The third-order valence-electron chi connectivity index (χ3n) is 3.69. The molecule has 1 amide bonds. The third kappa shape index (κ3) is 5.07. The fourth-order valence-electron chi connectivity index (χ4n) is 2.32. The van der Waals surface area contributed by atoms with Crippen LogP contribution >= 0.6 is 23.5 Å². The Morgan fingerprint density at radius 1 is 0.963 bits per heavy atom. The number of anilines is 4. The number of nitrogen functional groups attached to an aromatic ring is 2. The van der Waals surface area contributed by atoms with E-state index < -0.39 is 0 Å². The lowest BCUT2D eigenvalue weighted by Gasteiger charge is -2.10. The first kappa shape index (κ1) is 18.9. The van der Waals surface area contributed by atoms with Gasteiger partial charge >= 0.3 is 0 Å².